The Bertz CT molecular complexity index is 651. The lowest BCUT2D eigenvalue weighted by molar-refractivity contribution is -0.389. The van der Waals surface area contributed by atoms with Crippen LogP contribution in [0.1, 0.15) is 6.42 Å². The van der Waals surface area contributed by atoms with Gasteiger partial charge in [-0.25, -0.2) is 0 Å². The van der Waals surface area contributed by atoms with E-state index >= 15 is 0 Å². The fourth-order valence-corrected chi connectivity index (χ4v) is 1.47. The Morgan fingerprint density at radius 3 is 0.742 bits per heavy atom. The molecule has 0 aliphatic rings. The van der Waals surface area contributed by atoms with Crippen LogP contribution in [0.25, 0.3) is 0 Å². The van der Waals surface area contributed by atoms with Gasteiger partial charge in [-0.3, -0.25) is 9.59 Å². The Morgan fingerprint density at radius 2 is 0.581 bits per heavy atom. The molecule has 0 unspecified atom stereocenters. The minimum Gasteiger partial charge on any atom is -0.292 e. The molecule has 0 aliphatic carbocycles. The quantitative estimate of drug-likeness (QED) is 0.323. The SMILES string of the molecule is O=C(CC(=O)C(F)(F)C(F)(F)C(F)(F)C(F)(F)F)C(F)(F)C(F)(F)C(F)(F)C(F)(F)F. The molecule has 0 saturated heterocycles. The zero-order valence-corrected chi connectivity index (χ0v) is 13.3. The molecule has 0 aromatic heterocycles. The van der Waals surface area contributed by atoms with Crippen LogP contribution in [-0.2, 0) is 9.59 Å². The second-order valence-electron chi connectivity index (χ2n) is 5.47. The first-order valence-electron chi connectivity index (χ1n) is 6.52. The number of Topliss-reactive ketones (excluding diaryl/α,β-unsaturated/α-hetero) is 2. The van der Waals surface area contributed by atoms with E-state index in [4.69, 9.17) is 0 Å². The molecule has 0 fully saturated rings. The van der Waals surface area contributed by atoms with Gasteiger partial charge in [0.05, 0.1) is 6.42 Å². The second-order valence-corrected chi connectivity index (χ2v) is 5.47. The molecule has 184 valence electrons. The second kappa shape index (κ2) is 7.31. The van der Waals surface area contributed by atoms with Crippen molar-refractivity contribution in [2.24, 2.45) is 0 Å². The molecule has 0 bridgehead atoms. The number of alkyl halides is 18. The van der Waals surface area contributed by atoms with Gasteiger partial charge in [0.25, 0.3) is 0 Å². The molecule has 0 rings (SSSR count). The van der Waals surface area contributed by atoms with Gasteiger partial charge in [-0.1, -0.05) is 0 Å². The minimum atomic E-state index is -7.84. The summed E-state index contributed by atoms with van der Waals surface area (Å²) in [6.45, 7) is 0. The molecule has 0 aliphatic heterocycles. The van der Waals surface area contributed by atoms with Crippen molar-refractivity contribution in [1.29, 1.82) is 0 Å². The lowest BCUT2D eigenvalue weighted by Crippen LogP contribution is -2.65. The third-order valence-electron chi connectivity index (χ3n) is 3.31. The monoisotopic (exact) mass is 508 g/mol. The lowest BCUT2D eigenvalue weighted by atomic mass is 9.92. The first-order chi connectivity index (χ1) is 13.0. The van der Waals surface area contributed by atoms with E-state index in [0.29, 0.717) is 0 Å². The van der Waals surface area contributed by atoms with Crippen LogP contribution < -0.4 is 0 Å². The maximum atomic E-state index is 13.1. The van der Waals surface area contributed by atoms with Gasteiger partial charge < -0.3 is 0 Å². The number of rotatable bonds is 8. The van der Waals surface area contributed by atoms with Crippen LogP contribution in [0.3, 0.4) is 0 Å². The summed E-state index contributed by atoms with van der Waals surface area (Å²) in [4.78, 5) is 21.6. The van der Waals surface area contributed by atoms with Gasteiger partial charge in [0.1, 0.15) is 0 Å². The molecule has 31 heavy (non-hydrogen) atoms. The van der Waals surface area contributed by atoms with Crippen LogP contribution in [0.2, 0.25) is 0 Å². The van der Waals surface area contributed by atoms with E-state index in [2.05, 4.69) is 0 Å². The Kier molecular flexibility index (Phi) is 6.86. The number of carbonyl (C=O) groups excluding carboxylic acids is 2. The van der Waals surface area contributed by atoms with Crippen molar-refractivity contribution in [2.75, 3.05) is 0 Å². The van der Waals surface area contributed by atoms with Gasteiger partial charge in [0, 0.05) is 0 Å². The average molecular weight is 508 g/mol. The highest BCUT2D eigenvalue weighted by Crippen LogP contribution is 2.55. The Hall–Kier alpha value is -1.92. The van der Waals surface area contributed by atoms with Crippen LogP contribution in [0.15, 0.2) is 0 Å². The molecule has 0 amide bonds. The molecular formula is C11H2F18O2. The van der Waals surface area contributed by atoms with Crippen molar-refractivity contribution in [3.63, 3.8) is 0 Å². The molecule has 0 heterocycles. The molecule has 0 saturated carbocycles. The van der Waals surface area contributed by atoms with Gasteiger partial charge >= 0.3 is 47.9 Å². The molecule has 0 aromatic carbocycles. The van der Waals surface area contributed by atoms with E-state index in [0.717, 1.165) is 0 Å². The third kappa shape index (κ3) is 4.12. The molecule has 2 nitrogen and oxygen atoms in total. The summed E-state index contributed by atoms with van der Waals surface area (Å²) in [5.74, 6) is -54.8. The minimum absolute atomic E-state index is 3.87. The number of hydrogen-bond donors (Lipinski definition) is 0. The zero-order valence-electron chi connectivity index (χ0n) is 13.3. The summed E-state index contributed by atoms with van der Waals surface area (Å²) >= 11 is 0. The molecule has 0 spiro atoms. The molecule has 0 N–H and O–H groups in total. The summed E-state index contributed by atoms with van der Waals surface area (Å²) in [7, 11) is 0. The fraction of sp³-hybridized carbons (Fsp3) is 0.818. The zero-order chi connectivity index (χ0) is 25.9. The van der Waals surface area contributed by atoms with E-state index in [1.54, 1.807) is 0 Å². The van der Waals surface area contributed by atoms with Crippen LogP contribution in [0.4, 0.5) is 79.0 Å². The predicted octanol–water partition coefficient (Wildman–Crippen LogP) is 5.45. The van der Waals surface area contributed by atoms with Gasteiger partial charge in [-0.05, 0) is 0 Å². The maximum Gasteiger partial charge on any atom is 0.460 e. The first-order valence-corrected chi connectivity index (χ1v) is 6.52. The van der Waals surface area contributed by atoms with Gasteiger partial charge in [-0.2, -0.15) is 79.0 Å². The molecule has 0 atom stereocenters. The molecule has 20 heteroatoms. The topological polar surface area (TPSA) is 34.1 Å². The number of halogens is 18. The lowest BCUT2D eigenvalue weighted by Gasteiger charge is -2.34. The van der Waals surface area contributed by atoms with E-state index in [1.807, 2.05) is 0 Å². The number of hydrogen-bond acceptors (Lipinski definition) is 2. The predicted molar refractivity (Wildman–Crippen MR) is 56.4 cm³/mol. The van der Waals surface area contributed by atoms with Crippen molar-refractivity contribution in [2.45, 2.75) is 54.3 Å². The van der Waals surface area contributed by atoms with E-state index in [-0.39, 0.29) is 0 Å². The van der Waals surface area contributed by atoms with E-state index in [9.17, 15) is 88.6 Å². The maximum absolute atomic E-state index is 13.1. The molecular weight excluding hydrogens is 506 g/mol. The van der Waals surface area contributed by atoms with Gasteiger partial charge in [0.2, 0.25) is 11.6 Å². The normalized spacial score (nSPS) is 15.8. The first kappa shape index (κ1) is 29.1. The fourth-order valence-electron chi connectivity index (χ4n) is 1.47. The van der Waals surface area contributed by atoms with Crippen molar-refractivity contribution >= 4 is 11.6 Å². The van der Waals surface area contributed by atoms with Crippen LogP contribution >= 0.6 is 0 Å². The summed E-state index contributed by atoms with van der Waals surface area (Å²) in [5.41, 5.74) is 0. The molecule has 0 aromatic rings. The van der Waals surface area contributed by atoms with Crippen molar-refractivity contribution in [3.05, 3.63) is 0 Å². The van der Waals surface area contributed by atoms with Crippen molar-refractivity contribution < 1.29 is 88.6 Å². The highest BCUT2D eigenvalue weighted by atomic mass is 19.4. The number of ketones is 2. The number of carbonyl (C=O) groups is 2. The Morgan fingerprint density at radius 1 is 0.387 bits per heavy atom. The summed E-state index contributed by atoms with van der Waals surface area (Å²) in [6.07, 6.45) is -18.9. The average Bonchev–Trinajstić information content (AvgIpc) is 2.51. The van der Waals surface area contributed by atoms with Gasteiger partial charge in [0.15, 0.2) is 0 Å². The van der Waals surface area contributed by atoms with Crippen molar-refractivity contribution in [1.82, 2.24) is 0 Å². The Balaban J connectivity index is 6.12. The third-order valence-corrected chi connectivity index (χ3v) is 3.31. The van der Waals surface area contributed by atoms with Crippen LogP contribution in [-0.4, -0.2) is 59.5 Å². The Labute approximate surface area is 156 Å². The summed E-state index contributed by atoms with van der Waals surface area (Å²) < 4.78 is 225. The molecule has 0 radical (unpaired) electrons. The van der Waals surface area contributed by atoms with E-state index in [1.165, 1.54) is 0 Å². The highest BCUT2D eigenvalue weighted by Gasteiger charge is 2.85. The van der Waals surface area contributed by atoms with Crippen LogP contribution in [0, 0.1) is 0 Å². The van der Waals surface area contributed by atoms with Crippen LogP contribution in [0.5, 0.6) is 0 Å². The summed E-state index contributed by atoms with van der Waals surface area (Å²) in [5, 5.41) is 0. The van der Waals surface area contributed by atoms with E-state index < -0.39 is 65.9 Å². The van der Waals surface area contributed by atoms with Crippen molar-refractivity contribution in [3.8, 4) is 0 Å². The smallest absolute Gasteiger partial charge is 0.292 e. The van der Waals surface area contributed by atoms with Gasteiger partial charge in [-0.15, -0.1) is 0 Å². The largest absolute Gasteiger partial charge is 0.460 e. The summed E-state index contributed by atoms with van der Waals surface area (Å²) in [6, 6.07) is 0. The highest BCUT2D eigenvalue weighted by molar-refractivity contribution is 6.06. The standard InChI is InChI=1S/C11H2F18O2/c12-4(13,6(16,17)8(20,21)10(24,25)26)2(30)1-3(31)5(14,15)7(18,19)9(22,23)11(27,28)29/h1H2.